The fraction of sp³-hybridized carbons (Fsp3) is 0.333. The molecule has 0 amide bonds. The van der Waals surface area contributed by atoms with Gasteiger partial charge in [-0.3, -0.25) is 9.59 Å². The zero-order valence-corrected chi connectivity index (χ0v) is 7.09. The monoisotopic (exact) mass is 166 g/mol. The summed E-state index contributed by atoms with van der Waals surface area (Å²) in [4.78, 5) is 22.1. The number of hydrogen-bond donors (Lipinski definition) is 0. The second kappa shape index (κ2) is 3.34. The lowest BCUT2D eigenvalue weighted by Crippen LogP contribution is -2.02. The van der Waals surface area contributed by atoms with Crippen molar-refractivity contribution >= 4 is 11.6 Å². The summed E-state index contributed by atoms with van der Waals surface area (Å²) < 4.78 is 4.79. The normalized spacial score (nSPS) is 9.83. The van der Waals surface area contributed by atoms with Gasteiger partial charge in [0, 0.05) is 6.42 Å². The molecule has 0 aliphatic carbocycles. The van der Waals surface area contributed by atoms with E-state index in [1.54, 1.807) is 6.92 Å². The van der Waals surface area contributed by atoms with Crippen LogP contribution in [0.25, 0.3) is 0 Å². The van der Waals surface area contributed by atoms with E-state index in [-0.39, 0.29) is 11.6 Å². The molecule has 0 spiro atoms. The molecule has 1 aromatic heterocycles. The molecule has 1 heterocycles. The van der Waals surface area contributed by atoms with Crippen LogP contribution < -0.4 is 0 Å². The van der Waals surface area contributed by atoms with E-state index in [9.17, 15) is 9.59 Å². The maximum Gasteiger partial charge on any atom is 0.166 e. The predicted octanol–water partition coefficient (Wildman–Crippen LogP) is 2.07. The molecule has 64 valence electrons. The van der Waals surface area contributed by atoms with Crippen LogP contribution in [-0.4, -0.2) is 11.6 Å². The Morgan fingerprint density at radius 3 is 2.42 bits per heavy atom. The molecule has 0 unspecified atom stereocenters. The quantitative estimate of drug-likeness (QED) is 0.646. The smallest absolute Gasteiger partial charge is 0.166 e. The van der Waals surface area contributed by atoms with Gasteiger partial charge in [0.25, 0.3) is 0 Å². The van der Waals surface area contributed by atoms with E-state index in [0.29, 0.717) is 17.5 Å². The van der Waals surface area contributed by atoms with Crippen LogP contribution in [0.2, 0.25) is 0 Å². The van der Waals surface area contributed by atoms with Crippen molar-refractivity contribution in [2.75, 3.05) is 0 Å². The Morgan fingerprint density at radius 1 is 1.33 bits per heavy atom. The molecule has 1 rings (SSSR count). The van der Waals surface area contributed by atoms with Crippen molar-refractivity contribution in [2.45, 2.75) is 20.3 Å². The van der Waals surface area contributed by atoms with Gasteiger partial charge < -0.3 is 4.42 Å². The highest BCUT2D eigenvalue weighted by Crippen LogP contribution is 2.13. The SMILES string of the molecule is CCC(=O)c1cocc1C(C)=O. The molecule has 0 saturated carbocycles. The van der Waals surface area contributed by atoms with E-state index in [1.165, 1.54) is 19.5 Å². The van der Waals surface area contributed by atoms with E-state index in [4.69, 9.17) is 4.42 Å². The van der Waals surface area contributed by atoms with Crippen LogP contribution in [0.1, 0.15) is 41.0 Å². The van der Waals surface area contributed by atoms with Crippen LogP contribution in [0, 0.1) is 0 Å². The number of hydrogen-bond acceptors (Lipinski definition) is 3. The topological polar surface area (TPSA) is 47.3 Å². The molecule has 3 heteroatoms. The molecule has 0 fully saturated rings. The second-order valence-electron chi connectivity index (χ2n) is 2.53. The van der Waals surface area contributed by atoms with Crippen LogP contribution in [0.15, 0.2) is 16.9 Å². The van der Waals surface area contributed by atoms with Crippen LogP contribution in [-0.2, 0) is 0 Å². The van der Waals surface area contributed by atoms with Crippen molar-refractivity contribution in [1.82, 2.24) is 0 Å². The van der Waals surface area contributed by atoms with Crippen molar-refractivity contribution in [3.63, 3.8) is 0 Å². The third-order valence-electron chi connectivity index (χ3n) is 1.66. The van der Waals surface area contributed by atoms with E-state index < -0.39 is 0 Å². The first-order chi connectivity index (χ1) is 5.66. The summed E-state index contributed by atoms with van der Waals surface area (Å²) in [7, 11) is 0. The van der Waals surface area contributed by atoms with Crippen LogP contribution in [0.5, 0.6) is 0 Å². The van der Waals surface area contributed by atoms with Crippen molar-refractivity contribution in [1.29, 1.82) is 0 Å². The first-order valence-corrected chi connectivity index (χ1v) is 3.77. The summed E-state index contributed by atoms with van der Waals surface area (Å²) in [5.41, 5.74) is 0.770. The summed E-state index contributed by atoms with van der Waals surface area (Å²) in [6.45, 7) is 3.16. The van der Waals surface area contributed by atoms with E-state index in [1.807, 2.05) is 0 Å². The predicted molar refractivity (Wildman–Crippen MR) is 43.3 cm³/mol. The molecule has 1 aromatic rings. The van der Waals surface area contributed by atoms with Gasteiger partial charge in [0.1, 0.15) is 12.5 Å². The number of carbonyl (C=O) groups is 2. The van der Waals surface area contributed by atoms with Gasteiger partial charge in [-0.25, -0.2) is 0 Å². The van der Waals surface area contributed by atoms with E-state index in [2.05, 4.69) is 0 Å². The minimum atomic E-state index is -0.138. The Hall–Kier alpha value is -1.38. The van der Waals surface area contributed by atoms with Gasteiger partial charge in [-0.05, 0) is 6.92 Å². The maximum atomic E-state index is 11.2. The van der Waals surface area contributed by atoms with Gasteiger partial charge >= 0.3 is 0 Å². The van der Waals surface area contributed by atoms with Gasteiger partial charge in [-0.1, -0.05) is 6.92 Å². The lowest BCUT2D eigenvalue weighted by molar-refractivity contribution is 0.0966. The van der Waals surface area contributed by atoms with Crippen LogP contribution in [0.4, 0.5) is 0 Å². The highest BCUT2D eigenvalue weighted by atomic mass is 16.3. The summed E-state index contributed by atoms with van der Waals surface area (Å²) in [5, 5.41) is 0. The fourth-order valence-corrected chi connectivity index (χ4v) is 0.976. The number of ketones is 2. The first-order valence-electron chi connectivity index (χ1n) is 3.77. The van der Waals surface area contributed by atoms with Gasteiger partial charge in [-0.15, -0.1) is 0 Å². The summed E-state index contributed by atoms with van der Waals surface area (Å²) in [6, 6.07) is 0. The number of carbonyl (C=O) groups excluding carboxylic acids is 2. The number of furan rings is 1. The number of rotatable bonds is 3. The standard InChI is InChI=1S/C9H10O3/c1-3-9(11)8-5-12-4-7(8)6(2)10/h4-5H,3H2,1-2H3. The molecule has 0 saturated heterocycles. The van der Waals surface area contributed by atoms with Crippen LogP contribution in [0.3, 0.4) is 0 Å². The third-order valence-corrected chi connectivity index (χ3v) is 1.66. The largest absolute Gasteiger partial charge is 0.471 e. The molecule has 0 aromatic carbocycles. The highest BCUT2D eigenvalue weighted by molar-refractivity contribution is 6.07. The Balaban J connectivity index is 3.07. The molecule has 0 aliphatic rings. The summed E-state index contributed by atoms with van der Waals surface area (Å²) in [6.07, 6.45) is 3.02. The first kappa shape index (κ1) is 8.71. The zero-order chi connectivity index (χ0) is 9.14. The summed E-state index contributed by atoms with van der Waals surface area (Å²) in [5.74, 6) is -0.200. The highest BCUT2D eigenvalue weighted by Gasteiger charge is 2.14. The number of Topliss-reactive ketones (excluding diaryl/α,β-unsaturated/α-hetero) is 2. The van der Waals surface area contributed by atoms with Gasteiger partial charge in [0.15, 0.2) is 11.6 Å². The van der Waals surface area contributed by atoms with Gasteiger partial charge in [-0.2, -0.15) is 0 Å². The van der Waals surface area contributed by atoms with Gasteiger partial charge in [0.2, 0.25) is 0 Å². The second-order valence-corrected chi connectivity index (χ2v) is 2.53. The Labute approximate surface area is 70.4 Å². The summed E-state index contributed by atoms with van der Waals surface area (Å²) >= 11 is 0. The van der Waals surface area contributed by atoms with E-state index >= 15 is 0 Å². The molecule has 0 bridgehead atoms. The van der Waals surface area contributed by atoms with Crippen LogP contribution >= 0.6 is 0 Å². The Kier molecular flexibility index (Phi) is 2.43. The minimum absolute atomic E-state index is 0.0612. The molecule has 3 nitrogen and oxygen atoms in total. The molecule has 0 radical (unpaired) electrons. The molecule has 12 heavy (non-hydrogen) atoms. The van der Waals surface area contributed by atoms with Crippen molar-refractivity contribution in [2.24, 2.45) is 0 Å². The molecule has 0 atom stereocenters. The fourth-order valence-electron chi connectivity index (χ4n) is 0.976. The Morgan fingerprint density at radius 2 is 1.92 bits per heavy atom. The minimum Gasteiger partial charge on any atom is -0.471 e. The molecule has 0 N–H and O–H groups in total. The molecular formula is C9H10O3. The van der Waals surface area contributed by atoms with Crippen molar-refractivity contribution in [3.8, 4) is 0 Å². The maximum absolute atomic E-state index is 11.2. The van der Waals surface area contributed by atoms with E-state index in [0.717, 1.165) is 0 Å². The Bertz CT molecular complexity index is 309. The third kappa shape index (κ3) is 1.44. The van der Waals surface area contributed by atoms with Gasteiger partial charge in [0.05, 0.1) is 11.1 Å². The molecule has 0 aliphatic heterocycles. The van der Waals surface area contributed by atoms with Crippen molar-refractivity contribution < 1.29 is 14.0 Å². The van der Waals surface area contributed by atoms with Crippen molar-refractivity contribution in [3.05, 3.63) is 23.7 Å². The zero-order valence-electron chi connectivity index (χ0n) is 7.09. The lowest BCUT2D eigenvalue weighted by atomic mass is 10.1. The molecular weight excluding hydrogens is 156 g/mol. The average molecular weight is 166 g/mol. The lowest BCUT2D eigenvalue weighted by Gasteiger charge is -1.93. The average Bonchev–Trinajstić information content (AvgIpc) is 2.50.